The van der Waals surface area contributed by atoms with Gasteiger partial charge in [0.25, 0.3) is 5.91 Å². The molecule has 9 heteroatoms. The molecule has 0 bridgehead atoms. The van der Waals surface area contributed by atoms with E-state index >= 15 is 0 Å². The number of aliphatic hydroxyl groups is 1. The third-order valence-corrected chi connectivity index (χ3v) is 5.63. The Hall–Kier alpha value is -3.53. The number of rotatable bonds is 7. The number of nitrogens with zero attached hydrogens (tertiary/aromatic N) is 2. The van der Waals surface area contributed by atoms with Crippen LogP contribution in [0.15, 0.2) is 65.4 Å². The van der Waals surface area contributed by atoms with Crippen LogP contribution in [0.25, 0.3) is 33.3 Å². The first-order valence-corrected chi connectivity index (χ1v) is 10.8. The number of carbonyl (C=O) groups excluding carboxylic acids is 1. The van der Waals surface area contributed by atoms with Crippen molar-refractivity contribution in [2.45, 2.75) is 0 Å². The van der Waals surface area contributed by atoms with Crippen LogP contribution in [0, 0.1) is 0 Å². The number of amides is 1. The van der Waals surface area contributed by atoms with Gasteiger partial charge in [-0.1, -0.05) is 36.4 Å². The van der Waals surface area contributed by atoms with Crippen molar-refractivity contribution in [2.75, 3.05) is 20.3 Å². The van der Waals surface area contributed by atoms with Gasteiger partial charge >= 0.3 is 0 Å². The number of halogens is 1. The summed E-state index contributed by atoms with van der Waals surface area (Å²) in [4.78, 5) is 21.3. The van der Waals surface area contributed by atoms with E-state index in [4.69, 9.17) is 19.6 Å². The Kier molecular flexibility index (Phi) is 6.83. The lowest BCUT2D eigenvalue weighted by Gasteiger charge is -2.15. The van der Waals surface area contributed by atoms with E-state index in [-0.39, 0.29) is 24.5 Å². The predicted molar refractivity (Wildman–Crippen MR) is 126 cm³/mol. The highest BCUT2D eigenvalue weighted by atomic mass is 79.9. The number of hydrogen-bond acceptors (Lipinski definition) is 7. The van der Waals surface area contributed by atoms with Crippen molar-refractivity contribution in [3.05, 3.63) is 71.0 Å². The summed E-state index contributed by atoms with van der Waals surface area (Å²) in [5.74, 6) is 0.192. The molecule has 0 atom stereocenters. The Morgan fingerprint density at radius 2 is 1.67 bits per heavy atom. The molecule has 8 nitrogen and oxygen atoms in total. The minimum absolute atomic E-state index is 0.0375. The van der Waals surface area contributed by atoms with Crippen molar-refractivity contribution in [1.29, 1.82) is 0 Å². The molecule has 0 aliphatic rings. The zero-order valence-electron chi connectivity index (χ0n) is 17.6. The van der Waals surface area contributed by atoms with Crippen LogP contribution in [0.5, 0.6) is 11.5 Å². The van der Waals surface area contributed by atoms with Crippen LogP contribution < -0.4 is 15.0 Å². The molecule has 4 rings (SSSR count). The number of pyridine rings is 2. The average Bonchev–Trinajstić information content (AvgIpc) is 2.86. The summed E-state index contributed by atoms with van der Waals surface area (Å²) in [6, 6.07) is 15.2. The Morgan fingerprint density at radius 3 is 2.27 bits per heavy atom. The predicted octanol–water partition coefficient (Wildman–Crippen LogP) is 4.23. The molecular formula is C24H20BrN3O5. The molecule has 2 heterocycles. The van der Waals surface area contributed by atoms with Gasteiger partial charge < -0.3 is 14.6 Å². The van der Waals surface area contributed by atoms with Crippen molar-refractivity contribution in [3.63, 3.8) is 0 Å². The van der Waals surface area contributed by atoms with Crippen LogP contribution in [-0.4, -0.2) is 46.5 Å². The number of aromatic nitrogens is 2. The van der Waals surface area contributed by atoms with E-state index < -0.39 is 5.91 Å². The van der Waals surface area contributed by atoms with E-state index in [0.29, 0.717) is 26.8 Å². The van der Waals surface area contributed by atoms with Crippen LogP contribution in [0.3, 0.4) is 0 Å². The summed E-state index contributed by atoms with van der Waals surface area (Å²) in [6.45, 7) is 0.210. The Balaban J connectivity index is 1.77. The molecule has 0 aliphatic heterocycles. The van der Waals surface area contributed by atoms with E-state index in [1.165, 1.54) is 13.3 Å². The quantitative estimate of drug-likeness (QED) is 0.252. The van der Waals surface area contributed by atoms with Crippen LogP contribution in [0.4, 0.5) is 0 Å². The van der Waals surface area contributed by atoms with Gasteiger partial charge in [0, 0.05) is 23.3 Å². The molecular weight excluding hydrogens is 490 g/mol. The summed E-state index contributed by atoms with van der Waals surface area (Å²) in [5.41, 5.74) is 5.49. The molecule has 0 fully saturated rings. The number of ether oxygens (including phenoxy) is 2. The van der Waals surface area contributed by atoms with Crippen molar-refractivity contribution in [1.82, 2.24) is 15.4 Å². The zero-order chi connectivity index (χ0) is 23.4. The highest BCUT2D eigenvalue weighted by Gasteiger charge is 2.23. The van der Waals surface area contributed by atoms with E-state index in [1.54, 1.807) is 11.7 Å². The van der Waals surface area contributed by atoms with Crippen molar-refractivity contribution in [2.24, 2.45) is 0 Å². The van der Waals surface area contributed by atoms with E-state index in [1.807, 2.05) is 48.5 Å². The zero-order valence-corrected chi connectivity index (χ0v) is 19.2. The fraction of sp³-hybridized carbons (Fsp3) is 0.125. The number of nitrogens with one attached hydrogen (secondary N) is 1. The fourth-order valence-corrected chi connectivity index (χ4v) is 3.95. The normalized spacial score (nSPS) is 10.8. The van der Waals surface area contributed by atoms with Crippen molar-refractivity contribution >= 4 is 32.7 Å². The fourth-order valence-electron chi connectivity index (χ4n) is 3.53. The number of hydrogen-bond donors (Lipinski definition) is 3. The number of carbonyl (C=O) groups is 1. The molecule has 2 aromatic heterocycles. The van der Waals surface area contributed by atoms with Crippen LogP contribution >= 0.6 is 15.9 Å². The maximum absolute atomic E-state index is 12.5. The molecule has 0 saturated heterocycles. The van der Waals surface area contributed by atoms with Gasteiger partial charge in [-0.2, -0.15) is 0 Å². The second-order valence-corrected chi connectivity index (χ2v) is 7.86. The Labute approximate surface area is 197 Å². The summed E-state index contributed by atoms with van der Waals surface area (Å²) in [6.07, 6.45) is 3.09. The third kappa shape index (κ3) is 4.51. The summed E-state index contributed by atoms with van der Waals surface area (Å²) < 4.78 is 11.6. The van der Waals surface area contributed by atoms with E-state index in [9.17, 15) is 10.0 Å². The Morgan fingerprint density at radius 1 is 1.03 bits per heavy atom. The molecule has 0 unspecified atom stereocenters. The number of methoxy groups -OCH3 is 1. The topological polar surface area (TPSA) is 114 Å². The molecule has 1 amide bonds. The summed E-state index contributed by atoms with van der Waals surface area (Å²) >= 11 is 3.43. The van der Waals surface area contributed by atoms with Gasteiger partial charge in [0.05, 0.1) is 29.3 Å². The molecule has 0 radical (unpaired) electrons. The number of fused-ring (bicyclic) bond motifs is 1. The second-order valence-electron chi connectivity index (χ2n) is 7.00. The maximum Gasteiger partial charge on any atom is 0.279 e. The smallest absolute Gasteiger partial charge is 0.279 e. The lowest BCUT2D eigenvalue weighted by atomic mass is 10.00. The molecule has 0 saturated carbocycles. The standard InChI is InChI=1S/C24H20BrN3O5/c1-32-23-20(24(30)28-31)18-12-26-13-19(25)22(18)27-21(23)16-4-2-14(3-5-16)15-6-8-17(9-7-15)33-11-10-29/h2-9,12-13,29,31H,10-11H2,1H3,(H,28,30). The lowest BCUT2D eigenvalue weighted by molar-refractivity contribution is 0.0705. The van der Waals surface area contributed by atoms with Crippen molar-refractivity contribution in [3.8, 4) is 33.9 Å². The monoisotopic (exact) mass is 509 g/mol. The number of hydroxylamine groups is 1. The average molecular weight is 510 g/mol. The van der Waals surface area contributed by atoms with Crippen LogP contribution in [0.1, 0.15) is 10.4 Å². The lowest BCUT2D eigenvalue weighted by Crippen LogP contribution is -2.20. The van der Waals surface area contributed by atoms with Gasteiger partial charge in [0.2, 0.25) is 0 Å². The largest absolute Gasteiger partial charge is 0.494 e. The van der Waals surface area contributed by atoms with Gasteiger partial charge in [-0.05, 0) is 39.2 Å². The van der Waals surface area contributed by atoms with Gasteiger partial charge in [-0.3, -0.25) is 15.0 Å². The summed E-state index contributed by atoms with van der Waals surface area (Å²) in [7, 11) is 1.45. The third-order valence-electron chi connectivity index (χ3n) is 5.05. The minimum Gasteiger partial charge on any atom is -0.494 e. The molecule has 0 aliphatic carbocycles. The summed E-state index contributed by atoms with van der Waals surface area (Å²) in [5, 5.41) is 18.6. The van der Waals surface area contributed by atoms with Crippen molar-refractivity contribution < 1.29 is 24.6 Å². The molecule has 2 aromatic carbocycles. The highest BCUT2D eigenvalue weighted by molar-refractivity contribution is 9.10. The van der Waals surface area contributed by atoms with Crippen LogP contribution in [-0.2, 0) is 0 Å². The van der Waals surface area contributed by atoms with Gasteiger partial charge in [-0.25, -0.2) is 10.5 Å². The van der Waals surface area contributed by atoms with Crippen LogP contribution in [0.2, 0.25) is 0 Å². The van der Waals surface area contributed by atoms with E-state index in [0.717, 1.165) is 16.7 Å². The maximum atomic E-state index is 12.5. The molecule has 3 N–H and O–H groups in total. The molecule has 168 valence electrons. The number of benzene rings is 2. The Bertz CT molecular complexity index is 1290. The SMILES string of the molecule is COc1c(-c2ccc(-c3ccc(OCCO)cc3)cc2)nc2c(Br)cncc2c1C(=O)NO. The first-order chi connectivity index (χ1) is 16.1. The van der Waals surface area contributed by atoms with E-state index in [2.05, 4.69) is 20.9 Å². The van der Waals surface area contributed by atoms with Gasteiger partial charge in [-0.15, -0.1) is 0 Å². The minimum atomic E-state index is -0.722. The van der Waals surface area contributed by atoms with Gasteiger partial charge in [0.1, 0.15) is 18.1 Å². The first kappa shape index (κ1) is 22.7. The first-order valence-electron chi connectivity index (χ1n) is 9.97. The van der Waals surface area contributed by atoms with Gasteiger partial charge in [0.15, 0.2) is 5.75 Å². The molecule has 0 spiro atoms. The molecule has 4 aromatic rings. The molecule has 33 heavy (non-hydrogen) atoms. The highest BCUT2D eigenvalue weighted by Crippen LogP contribution is 2.38. The number of aliphatic hydroxyl groups excluding tert-OH is 1. The second kappa shape index (κ2) is 9.95.